The topological polar surface area (TPSA) is 55.1 Å². The van der Waals surface area contributed by atoms with Crippen LogP contribution in [0.2, 0.25) is 0 Å². The van der Waals surface area contributed by atoms with Crippen LogP contribution in [0.15, 0.2) is 24.3 Å². The molecule has 1 aromatic rings. The zero-order valence-electron chi connectivity index (χ0n) is 13.3. The van der Waals surface area contributed by atoms with Gasteiger partial charge in [0, 0.05) is 6.04 Å². The number of nitrogens with two attached hydrogens (primary N) is 1. The first-order chi connectivity index (χ1) is 9.31. The Balaban J connectivity index is 2.54. The second-order valence-electron chi connectivity index (χ2n) is 6.28. The fraction of sp³-hybridized carbons (Fsp3) is 0.588. The molecule has 2 atom stereocenters. The highest BCUT2D eigenvalue weighted by atomic mass is 16.2. The standard InChI is InChI=1S/C17H28N2O/c1-11(2)15-8-6-14(7-9-15)10-13(5)19-17(20)16(18)12(3)4/h6-9,11-13,16H,10,18H2,1-5H3,(H,19,20)/t13?,16-/m0/s1. The van der Waals surface area contributed by atoms with Crippen molar-refractivity contribution in [2.24, 2.45) is 11.7 Å². The molecule has 0 saturated carbocycles. The van der Waals surface area contributed by atoms with Crippen LogP contribution >= 0.6 is 0 Å². The molecule has 0 bridgehead atoms. The minimum absolute atomic E-state index is 0.0636. The molecule has 20 heavy (non-hydrogen) atoms. The first kappa shape index (κ1) is 16.7. The lowest BCUT2D eigenvalue weighted by molar-refractivity contribution is -0.123. The van der Waals surface area contributed by atoms with E-state index in [1.54, 1.807) is 0 Å². The van der Waals surface area contributed by atoms with E-state index in [0.29, 0.717) is 5.92 Å². The van der Waals surface area contributed by atoms with Gasteiger partial charge in [-0.2, -0.15) is 0 Å². The highest BCUT2D eigenvalue weighted by molar-refractivity contribution is 5.82. The molecule has 0 radical (unpaired) electrons. The molecule has 1 amide bonds. The molecule has 1 rings (SSSR count). The van der Waals surface area contributed by atoms with Crippen molar-refractivity contribution < 1.29 is 4.79 Å². The van der Waals surface area contributed by atoms with Crippen molar-refractivity contribution in [2.75, 3.05) is 0 Å². The van der Waals surface area contributed by atoms with Crippen LogP contribution in [0.4, 0.5) is 0 Å². The molecule has 0 aliphatic rings. The normalized spacial score (nSPS) is 14.4. The maximum absolute atomic E-state index is 11.9. The number of carbonyl (C=O) groups excluding carboxylic acids is 1. The molecule has 1 aromatic carbocycles. The van der Waals surface area contributed by atoms with E-state index in [1.165, 1.54) is 11.1 Å². The average Bonchev–Trinajstić information content (AvgIpc) is 2.37. The first-order valence-corrected chi connectivity index (χ1v) is 7.46. The molecule has 1 unspecified atom stereocenters. The molecule has 3 N–H and O–H groups in total. The van der Waals surface area contributed by atoms with E-state index in [0.717, 1.165) is 6.42 Å². The van der Waals surface area contributed by atoms with Crippen LogP contribution in [0.5, 0.6) is 0 Å². The summed E-state index contributed by atoms with van der Waals surface area (Å²) in [6.45, 7) is 10.3. The molecular weight excluding hydrogens is 248 g/mol. The van der Waals surface area contributed by atoms with Gasteiger partial charge in [0.1, 0.15) is 0 Å². The largest absolute Gasteiger partial charge is 0.352 e. The number of hydrogen-bond acceptors (Lipinski definition) is 2. The Morgan fingerprint density at radius 2 is 1.65 bits per heavy atom. The lowest BCUT2D eigenvalue weighted by Crippen LogP contribution is -2.47. The number of benzene rings is 1. The van der Waals surface area contributed by atoms with E-state index in [-0.39, 0.29) is 17.9 Å². The second-order valence-corrected chi connectivity index (χ2v) is 6.28. The molecule has 0 fully saturated rings. The molecule has 0 saturated heterocycles. The lowest BCUT2D eigenvalue weighted by Gasteiger charge is -2.20. The van der Waals surface area contributed by atoms with Crippen molar-refractivity contribution in [1.82, 2.24) is 5.32 Å². The smallest absolute Gasteiger partial charge is 0.237 e. The number of amides is 1. The summed E-state index contributed by atoms with van der Waals surface area (Å²) in [7, 11) is 0. The number of nitrogens with one attached hydrogen (secondary N) is 1. The third-order valence-corrected chi connectivity index (χ3v) is 3.60. The highest BCUT2D eigenvalue weighted by Crippen LogP contribution is 2.15. The van der Waals surface area contributed by atoms with Crippen molar-refractivity contribution in [1.29, 1.82) is 0 Å². The van der Waals surface area contributed by atoms with Crippen molar-refractivity contribution >= 4 is 5.91 Å². The summed E-state index contributed by atoms with van der Waals surface area (Å²) in [5.74, 6) is 0.643. The highest BCUT2D eigenvalue weighted by Gasteiger charge is 2.18. The van der Waals surface area contributed by atoms with Gasteiger partial charge in [-0.05, 0) is 36.3 Å². The third-order valence-electron chi connectivity index (χ3n) is 3.60. The fourth-order valence-electron chi connectivity index (χ4n) is 2.09. The Hall–Kier alpha value is -1.35. The number of carbonyl (C=O) groups is 1. The van der Waals surface area contributed by atoms with E-state index in [4.69, 9.17) is 5.73 Å². The van der Waals surface area contributed by atoms with E-state index in [2.05, 4.69) is 43.4 Å². The van der Waals surface area contributed by atoms with Crippen molar-refractivity contribution in [2.45, 2.75) is 59.0 Å². The van der Waals surface area contributed by atoms with Crippen LogP contribution in [-0.2, 0) is 11.2 Å². The molecule has 112 valence electrons. The molecule has 0 heterocycles. The van der Waals surface area contributed by atoms with Crippen LogP contribution in [-0.4, -0.2) is 18.0 Å². The Labute approximate surface area is 122 Å². The van der Waals surface area contributed by atoms with E-state index in [1.807, 2.05) is 20.8 Å². The number of hydrogen-bond donors (Lipinski definition) is 2. The zero-order chi connectivity index (χ0) is 15.3. The van der Waals surface area contributed by atoms with Crippen molar-refractivity contribution in [3.05, 3.63) is 35.4 Å². The second kappa shape index (κ2) is 7.44. The van der Waals surface area contributed by atoms with Crippen LogP contribution < -0.4 is 11.1 Å². The minimum Gasteiger partial charge on any atom is -0.352 e. The number of rotatable bonds is 6. The summed E-state index contributed by atoms with van der Waals surface area (Å²) in [6.07, 6.45) is 0.828. The Kier molecular flexibility index (Phi) is 6.21. The predicted molar refractivity (Wildman–Crippen MR) is 84.7 cm³/mol. The quantitative estimate of drug-likeness (QED) is 0.839. The molecular formula is C17H28N2O. The van der Waals surface area contributed by atoms with Gasteiger partial charge in [0.25, 0.3) is 0 Å². The molecule has 3 heteroatoms. The molecule has 3 nitrogen and oxygen atoms in total. The lowest BCUT2D eigenvalue weighted by atomic mass is 9.99. The summed E-state index contributed by atoms with van der Waals surface area (Å²) in [5, 5.41) is 2.98. The van der Waals surface area contributed by atoms with Gasteiger partial charge in [-0.25, -0.2) is 0 Å². The summed E-state index contributed by atoms with van der Waals surface area (Å²) in [5.41, 5.74) is 8.42. The van der Waals surface area contributed by atoms with Crippen LogP contribution in [0.25, 0.3) is 0 Å². The van der Waals surface area contributed by atoms with Gasteiger partial charge in [-0.1, -0.05) is 52.0 Å². The molecule has 0 aliphatic carbocycles. The monoisotopic (exact) mass is 276 g/mol. The van der Waals surface area contributed by atoms with Crippen molar-refractivity contribution in [3.63, 3.8) is 0 Å². The molecule has 0 aromatic heterocycles. The fourth-order valence-corrected chi connectivity index (χ4v) is 2.09. The van der Waals surface area contributed by atoms with Gasteiger partial charge in [0.2, 0.25) is 5.91 Å². The summed E-state index contributed by atoms with van der Waals surface area (Å²) < 4.78 is 0. The minimum atomic E-state index is -0.430. The van der Waals surface area contributed by atoms with E-state index >= 15 is 0 Å². The maximum Gasteiger partial charge on any atom is 0.237 e. The van der Waals surface area contributed by atoms with Crippen LogP contribution in [0, 0.1) is 5.92 Å². The SMILES string of the molecule is CC(Cc1ccc(C(C)C)cc1)NC(=O)[C@@H](N)C(C)C. The van der Waals surface area contributed by atoms with Crippen molar-refractivity contribution in [3.8, 4) is 0 Å². The predicted octanol–water partition coefficient (Wildman–Crippen LogP) is 2.84. The van der Waals surface area contributed by atoms with E-state index in [9.17, 15) is 4.79 Å². The zero-order valence-corrected chi connectivity index (χ0v) is 13.3. The van der Waals surface area contributed by atoms with Gasteiger partial charge in [-0.3, -0.25) is 4.79 Å². The Bertz CT molecular complexity index is 423. The summed E-state index contributed by atoms with van der Waals surface area (Å²) in [4.78, 5) is 11.9. The molecule has 0 aliphatic heterocycles. The van der Waals surface area contributed by atoms with Gasteiger partial charge in [0.05, 0.1) is 6.04 Å². The van der Waals surface area contributed by atoms with Gasteiger partial charge in [0.15, 0.2) is 0 Å². The third kappa shape index (κ3) is 4.97. The average molecular weight is 276 g/mol. The summed E-state index contributed by atoms with van der Waals surface area (Å²) in [6, 6.07) is 8.27. The van der Waals surface area contributed by atoms with Gasteiger partial charge in [-0.15, -0.1) is 0 Å². The molecule has 0 spiro atoms. The maximum atomic E-state index is 11.9. The van der Waals surface area contributed by atoms with Crippen LogP contribution in [0.3, 0.4) is 0 Å². The van der Waals surface area contributed by atoms with Crippen LogP contribution in [0.1, 0.15) is 51.7 Å². The van der Waals surface area contributed by atoms with Gasteiger partial charge >= 0.3 is 0 Å². The Morgan fingerprint density at radius 3 is 2.10 bits per heavy atom. The summed E-state index contributed by atoms with van der Waals surface area (Å²) >= 11 is 0. The van der Waals surface area contributed by atoms with Gasteiger partial charge < -0.3 is 11.1 Å². The Morgan fingerprint density at radius 1 is 1.10 bits per heavy atom. The first-order valence-electron chi connectivity index (χ1n) is 7.46. The van der Waals surface area contributed by atoms with E-state index < -0.39 is 6.04 Å².